The number of fused-ring (bicyclic) bond motifs is 1. The molecule has 2 N–H and O–H groups in total. The first-order valence-corrected chi connectivity index (χ1v) is 6.28. The lowest BCUT2D eigenvalue weighted by molar-refractivity contribution is 0.0984. The van der Waals surface area contributed by atoms with E-state index in [1.165, 1.54) is 0 Å². The van der Waals surface area contributed by atoms with Gasteiger partial charge in [0.25, 0.3) is 5.91 Å². The van der Waals surface area contributed by atoms with Crippen molar-refractivity contribution in [1.29, 1.82) is 0 Å². The highest BCUT2D eigenvalue weighted by molar-refractivity contribution is 6.07. The molecule has 19 heavy (non-hydrogen) atoms. The van der Waals surface area contributed by atoms with E-state index in [1.54, 1.807) is 11.1 Å². The van der Waals surface area contributed by atoms with Crippen molar-refractivity contribution < 1.29 is 4.79 Å². The molecular weight excluding hydrogens is 238 g/mol. The lowest BCUT2D eigenvalue weighted by atomic mass is 10.1. The summed E-state index contributed by atoms with van der Waals surface area (Å²) in [5, 5.41) is 0. The van der Waals surface area contributed by atoms with Crippen LogP contribution in [0, 0.1) is 6.92 Å². The Labute approximate surface area is 111 Å². The maximum atomic E-state index is 12.6. The highest BCUT2D eigenvalue weighted by atomic mass is 16.2. The number of carbonyl (C=O) groups excluding carboxylic acids is 1. The predicted octanol–water partition coefficient (Wildman–Crippen LogP) is 2.18. The van der Waals surface area contributed by atoms with Crippen molar-refractivity contribution >= 4 is 17.3 Å². The minimum Gasteiger partial charge on any atom is -0.399 e. The van der Waals surface area contributed by atoms with E-state index >= 15 is 0 Å². The molecule has 0 saturated carbocycles. The molecule has 0 aliphatic carbocycles. The Morgan fingerprint density at radius 2 is 2.21 bits per heavy atom. The molecule has 0 radical (unpaired) electrons. The van der Waals surface area contributed by atoms with Gasteiger partial charge in [-0.15, -0.1) is 0 Å². The Morgan fingerprint density at radius 3 is 3.00 bits per heavy atom. The first kappa shape index (κ1) is 11.7. The maximum Gasteiger partial charge on any atom is 0.277 e. The molecule has 4 heteroatoms. The van der Waals surface area contributed by atoms with Gasteiger partial charge >= 0.3 is 0 Å². The molecule has 1 aliphatic rings. The highest BCUT2D eigenvalue weighted by Gasteiger charge is 2.27. The van der Waals surface area contributed by atoms with E-state index in [0.717, 1.165) is 23.2 Å². The third-order valence-corrected chi connectivity index (χ3v) is 3.46. The zero-order chi connectivity index (χ0) is 13.4. The first-order chi connectivity index (χ1) is 9.16. The summed E-state index contributed by atoms with van der Waals surface area (Å²) in [7, 11) is 0. The van der Waals surface area contributed by atoms with E-state index in [1.807, 2.05) is 37.3 Å². The van der Waals surface area contributed by atoms with Gasteiger partial charge in [0.2, 0.25) is 0 Å². The summed E-state index contributed by atoms with van der Waals surface area (Å²) in [6.45, 7) is 2.59. The van der Waals surface area contributed by atoms with Gasteiger partial charge in [-0.3, -0.25) is 9.78 Å². The number of pyridine rings is 1. The SMILES string of the molecule is Cc1cccnc1C(=O)N1CCc2ccc(N)cc21. The smallest absolute Gasteiger partial charge is 0.277 e. The summed E-state index contributed by atoms with van der Waals surface area (Å²) in [6, 6.07) is 9.46. The van der Waals surface area contributed by atoms with Crippen molar-refractivity contribution in [3.05, 3.63) is 53.3 Å². The number of amides is 1. The van der Waals surface area contributed by atoms with Gasteiger partial charge in [-0.1, -0.05) is 12.1 Å². The van der Waals surface area contributed by atoms with Crippen LogP contribution in [0.1, 0.15) is 21.6 Å². The number of aromatic nitrogens is 1. The fourth-order valence-corrected chi connectivity index (χ4v) is 2.44. The first-order valence-electron chi connectivity index (χ1n) is 6.28. The molecule has 0 fully saturated rings. The van der Waals surface area contributed by atoms with Gasteiger partial charge in [0, 0.05) is 24.1 Å². The van der Waals surface area contributed by atoms with Gasteiger partial charge in [0.05, 0.1) is 0 Å². The Bertz CT molecular complexity index is 652. The van der Waals surface area contributed by atoms with Crippen LogP contribution in [-0.4, -0.2) is 17.4 Å². The normalized spacial score (nSPS) is 13.4. The summed E-state index contributed by atoms with van der Waals surface area (Å²) in [5.41, 5.74) is 9.97. The second kappa shape index (κ2) is 4.39. The fourth-order valence-electron chi connectivity index (χ4n) is 2.44. The van der Waals surface area contributed by atoms with Crippen LogP contribution in [0.25, 0.3) is 0 Å². The average molecular weight is 253 g/mol. The molecule has 0 unspecified atom stereocenters. The van der Waals surface area contributed by atoms with Crippen LogP contribution in [0.2, 0.25) is 0 Å². The molecule has 1 amide bonds. The molecule has 4 nitrogen and oxygen atoms in total. The Hall–Kier alpha value is -2.36. The van der Waals surface area contributed by atoms with Gasteiger partial charge < -0.3 is 10.6 Å². The van der Waals surface area contributed by atoms with E-state index in [0.29, 0.717) is 17.9 Å². The molecular formula is C15H15N3O. The number of nitrogen functional groups attached to an aromatic ring is 1. The number of nitrogens with zero attached hydrogens (tertiary/aromatic N) is 2. The van der Waals surface area contributed by atoms with Crippen LogP contribution >= 0.6 is 0 Å². The second-order valence-corrected chi connectivity index (χ2v) is 4.76. The summed E-state index contributed by atoms with van der Waals surface area (Å²) >= 11 is 0. The zero-order valence-corrected chi connectivity index (χ0v) is 10.8. The highest BCUT2D eigenvalue weighted by Crippen LogP contribution is 2.31. The van der Waals surface area contributed by atoms with Crippen molar-refractivity contribution in [2.45, 2.75) is 13.3 Å². The number of carbonyl (C=O) groups is 1. The molecule has 0 atom stereocenters. The van der Waals surface area contributed by atoms with Crippen molar-refractivity contribution in [2.75, 3.05) is 17.2 Å². The van der Waals surface area contributed by atoms with Gasteiger partial charge in [-0.2, -0.15) is 0 Å². The summed E-state index contributed by atoms with van der Waals surface area (Å²) in [4.78, 5) is 18.5. The van der Waals surface area contributed by atoms with Crippen molar-refractivity contribution in [2.24, 2.45) is 0 Å². The Morgan fingerprint density at radius 1 is 1.37 bits per heavy atom. The largest absolute Gasteiger partial charge is 0.399 e. The van der Waals surface area contributed by atoms with Gasteiger partial charge in [0.15, 0.2) is 0 Å². The second-order valence-electron chi connectivity index (χ2n) is 4.76. The number of aryl methyl sites for hydroxylation is 1. The predicted molar refractivity (Wildman–Crippen MR) is 75.2 cm³/mol. The third-order valence-electron chi connectivity index (χ3n) is 3.46. The van der Waals surface area contributed by atoms with Crippen LogP contribution < -0.4 is 10.6 Å². The van der Waals surface area contributed by atoms with E-state index in [-0.39, 0.29) is 5.91 Å². The maximum absolute atomic E-state index is 12.6. The zero-order valence-electron chi connectivity index (χ0n) is 10.8. The van der Waals surface area contributed by atoms with Crippen molar-refractivity contribution in [3.8, 4) is 0 Å². The van der Waals surface area contributed by atoms with E-state index in [4.69, 9.17) is 5.73 Å². The summed E-state index contributed by atoms with van der Waals surface area (Å²) in [5.74, 6) is -0.0533. The van der Waals surface area contributed by atoms with Crippen LogP contribution in [0.4, 0.5) is 11.4 Å². The van der Waals surface area contributed by atoms with Crippen molar-refractivity contribution in [1.82, 2.24) is 4.98 Å². The lowest BCUT2D eigenvalue weighted by Crippen LogP contribution is -2.30. The number of hydrogen-bond acceptors (Lipinski definition) is 3. The van der Waals surface area contributed by atoms with Crippen LogP contribution in [0.5, 0.6) is 0 Å². The molecule has 0 saturated heterocycles. The molecule has 2 aromatic rings. The van der Waals surface area contributed by atoms with Gasteiger partial charge in [-0.25, -0.2) is 0 Å². The third kappa shape index (κ3) is 1.95. The number of nitrogens with two attached hydrogens (primary N) is 1. The average Bonchev–Trinajstić information content (AvgIpc) is 2.81. The standard InChI is InChI=1S/C15H15N3O/c1-10-3-2-7-17-14(10)15(19)18-8-6-11-4-5-12(16)9-13(11)18/h2-5,7,9H,6,8,16H2,1H3. The van der Waals surface area contributed by atoms with Crippen molar-refractivity contribution in [3.63, 3.8) is 0 Å². The van der Waals surface area contributed by atoms with Crippen LogP contribution in [0.15, 0.2) is 36.5 Å². The summed E-state index contributed by atoms with van der Waals surface area (Å²) in [6.07, 6.45) is 2.52. The number of benzene rings is 1. The molecule has 1 aromatic carbocycles. The minimum absolute atomic E-state index is 0.0533. The van der Waals surface area contributed by atoms with Gasteiger partial charge in [-0.05, 0) is 42.7 Å². The molecule has 0 bridgehead atoms. The summed E-state index contributed by atoms with van der Waals surface area (Å²) < 4.78 is 0. The monoisotopic (exact) mass is 253 g/mol. The fraction of sp³-hybridized carbons (Fsp3) is 0.200. The Balaban J connectivity index is 2.00. The molecule has 3 rings (SSSR count). The minimum atomic E-state index is -0.0533. The number of anilines is 2. The van der Waals surface area contributed by atoms with E-state index < -0.39 is 0 Å². The van der Waals surface area contributed by atoms with E-state index in [9.17, 15) is 4.79 Å². The molecule has 0 spiro atoms. The number of hydrogen-bond donors (Lipinski definition) is 1. The quantitative estimate of drug-likeness (QED) is 0.792. The Kier molecular flexibility index (Phi) is 2.71. The van der Waals surface area contributed by atoms with Crippen LogP contribution in [-0.2, 0) is 6.42 Å². The van der Waals surface area contributed by atoms with E-state index in [2.05, 4.69) is 4.98 Å². The topological polar surface area (TPSA) is 59.2 Å². The van der Waals surface area contributed by atoms with Crippen LogP contribution in [0.3, 0.4) is 0 Å². The molecule has 1 aliphatic heterocycles. The lowest BCUT2D eigenvalue weighted by Gasteiger charge is -2.18. The number of rotatable bonds is 1. The molecule has 2 heterocycles. The van der Waals surface area contributed by atoms with Gasteiger partial charge in [0.1, 0.15) is 5.69 Å². The molecule has 96 valence electrons. The molecule has 1 aromatic heterocycles.